The van der Waals surface area contributed by atoms with Crippen LogP contribution in [0.25, 0.3) is 0 Å². The Kier molecular flexibility index (Phi) is 1.25. The van der Waals surface area contributed by atoms with Gasteiger partial charge < -0.3 is 10.2 Å². The van der Waals surface area contributed by atoms with Gasteiger partial charge in [-0.15, -0.1) is 0 Å². The van der Waals surface area contributed by atoms with Crippen molar-refractivity contribution in [2.24, 2.45) is 17.8 Å². The van der Waals surface area contributed by atoms with E-state index in [2.05, 4.69) is 6.08 Å². The van der Waals surface area contributed by atoms with E-state index in [1.807, 2.05) is 0 Å². The van der Waals surface area contributed by atoms with Crippen LogP contribution in [0.2, 0.25) is 0 Å². The maximum Gasteiger partial charge on any atom is 0.0836 e. The lowest BCUT2D eigenvalue weighted by Crippen LogP contribution is -2.29. The first-order valence-electron chi connectivity index (χ1n) is 4.82. The van der Waals surface area contributed by atoms with E-state index in [4.69, 9.17) is 0 Å². The molecule has 0 aromatic heterocycles. The minimum Gasteiger partial charge on any atom is -0.390 e. The smallest absolute Gasteiger partial charge is 0.0836 e. The normalized spacial score (nSPS) is 55.8. The average Bonchev–Trinajstić information content (AvgIpc) is 2.66. The van der Waals surface area contributed by atoms with E-state index in [-0.39, 0.29) is 0 Å². The molecule has 0 aliphatic heterocycles. The van der Waals surface area contributed by atoms with Crippen molar-refractivity contribution in [3.05, 3.63) is 11.6 Å². The zero-order valence-electron chi connectivity index (χ0n) is 6.98. The molecule has 0 amide bonds. The van der Waals surface area contributed by atoms with Crippen LogP contribution in [0.4, 0.5) is 0 Å². The lowest BCUT2D eigenvalue weighted by molar-refractivity contribution is 0.00822. The number of hydrogen-bond donors (Lipinski definition) is 2. The molecule has 0 aromatic rings. The van der Waals surface area contributed by atoms with Crippen LogP contribution in [0.1, 0.15) is 19.3 Å². The van der Waals surface area contributed by atoms with Gasteiger partial charge in [-0.05, 0) is 37.0 Å². The molecule has 0 heterocycles. The van der Waals surface area contributed by atoms with Gasteiger partial charge in [0.1, 0.15) is 0 Å². The molecular weight excluding hydrogens is 152 g/mol. The minimum absolute atomic E-state index is 0.389. The van der Waals surface area contributed by atoms with Crippen molar-refractivity contribution in [3.63, 3.8) is 0 Å². The van der Waals surface area contributed by atoms with Gasteiger partial charge >= 0.3 is 0 Å². The maximum atomic E-state index is 9.71. The maximum absolute atomic E-state index is 9.71. The van der Waals surface area contributed by atoms with E-state index in [1.165, 1.54) is 12.0 Å². The molecule has 3 aliphatic rings. The van der Waals surface area contributed by atoms with Crippen LogP contribution in [0.3, 0.4) is 0 Å². The van der Waals surface area contributed by atoms with Gasteiger partial charge in [0, 0.05) is 0 Å². The van der Waals surface area contributed by atoms with Gasteiger partial charge in [-0.2, -0.15) is 0 Å². The van der Waals surface area contributed by atoms with E-state index in [0.717, 1.165) is 12.8 Å². The quantitative estimate of drug-likeness (QED) is 0.520. The van der Waals surface area contributed by atoms with E-state index in [1.54, 1.807) is 0 Å². The van der Waals surface area contributed by atoms with Gasteiger partial charge in [0.05, 0.1) is 12.2 Å². The van der Waals surface area contributed by atoms with Crippen LogP contribution in [-0.2, 0) is 0 Å². The van der Waals surface area contributed by atoms with E-state index >= 15 is 0 Å². The Morgan fingerprint density at radius 3 is 2.92 bits per heavy atom. The van der Waals surface area contributed by atoms with Gasteiger partial charge in [-0.1, -0.05) is 11.6 Å². The number of hydrogen-bond acceptors (Lipinski definition) is 2. The Bertz CT molecular complexity index is 246. The molecule has 66 valence electrons. The number of aliphatic hydroxyl groups is 2. The molecule has 12 heavy (non-hydrogen) atoms. The van der Waals surface area contributed by atoms with Crippen LogP contribution in [0.5, 0.6) is 0 Å². The fraction of sp³-hybridized carbons (Fsp3) is 0.800. The molecule has 2 saturated carbocycles. The third kappa shape index (κ3) is 0.679. The zero-order valence-corrected chi connectivity index (χ0v) is 6.98. The lowest BCUT2D eigenvalue weighted by atomic mass is 9.85. The van der Waals surface area contributed by atoms with Crippen molar-refractivity contribution in [2.75, 3.05) is 0 Å². The largest absolute Gasteiger partial charge is 0.390 e. The van der Waals surface area contributed by atoms with Gasteiger partial charge in [-0.25, -0.2) is 0 Å². The van der Waals surface area contributed by atoms with E-state index in [0.29, 0.717) is 17.8 Å². The number of fused-ring (bicyclic) bond motifs is 5. The molecule has 0 saturated heterocycles. The Morgan fingerprint density at radius 1 is 1.33 bits per heavy atom. The Balaban J connectivity index is 1.97. The molecular formula is C10H14O2. The predicted octanol–water partition coefficient (Wildman–Crippen LogP) is 0.694. The van der Waals surface area contributed by atoms with Gasteiger partial charge in [-0.3, -0.25) is 0 Å². The average molecular weight is 166 g/mol. The van der Waals surface area contributed by atoms with Crippen LogP contribution in [0.15, 0.2) is 11.6 Å². The summed E-state index contributed by atoms with van der Waals surface area (Å²) < 4.78 is 0. The SMILES string of the molecule is OC1CC2C3=CCC(C3)C2C1O. The summed E-state index contributed by atoms with van der Waals surface area (Å²) in [5, 5.41) is 19.2. The number of allylic oxidation sites excluding steroid dienone is 2. The molecule has 2 bridgehead atoms. The summed E-state index contributed by atoms with van der Waals surface area (Å²) in [4.78, 5) is 0. The van der Waals surface area contributed by atoms with Gasteiger partial charge in [0.15, 0.2) is 0 Å². The monoisotopic (exact) mass is 166 g/mol. The highest BCUT2D eigenvalue weighted by atomic mass is 16.3. The second kappa shape index (κ2) is 2.12. The first kappa shape index (κ1) is 7.10. The fourth-order valence-corrected chi connectivity index (χ4v) is 3.43. The van der Waals surface area contributed by atoms with Crippen molar-refractivity contribution in [1.29, 1.82) is 0 Å². The van der Waals surface area contributed by atoms with Crippen molar-refractivity contribution < 1.29 is 10.2 Å². The molecule has 0 radical (unpaired) electrons. The molecule has 2 N–H and O–H groups in total. The summed E-state index contributed by atoms with van der Waals surface area (Å²) >= 11 is 0. The molecule has 0 aromatic carbocycles. The van der Waals surface area contributed by atoms with Crippen molar-refractivity contribution in [2.45, 2.75) is 31.5 Å². The molecule has 5 atom stereocenters. The van der Waals surface area contributed by atoms with Crippen LogP contribution >= 0.6 is 0 Å². The molecule has 3 aliphatic carbocycles. The third-order valence-corrected chi connectivity index (χ3v) is 3.95. The first-order chi connectivity index (χ1) is 5.77. The Labute approximate surface area is 71.9 Å². The Morgan fingerprint density at radius 2 is 2.17 bits per heavy atom. The molecule has 2 nitrogen and oxygen atoms in total. The molecule has 3 rings (SSSR count). The molecule has 5 unspecified atom stereocenters. The minimum atomic E-state index is -0.454. The summed E-state index contributed by atoms with van der Waals surface area (Å²) in [6.45, 7) is 0. The zero-order chi connectivity index (χ0) is 8.29. The Hall–Kier alpha value is -0.340. The van der Waals surface area contributed by atoms with E-state index in [9.17, 15) is 10.2 Å². The summed E-state index contributed by atoms with van der Waals surface area (Å²) in [7, 11) is 0. The highest BCUT2D eigenvalue weighted by molar-refractivity contribution is 5.26. The summed E-state index contributed by atoms with van der Waals surface area (Å²) in [6, 6.07) is 0. The topological polar surface area (TPSA) is 40.5 Å². The summed E-state index contributed by atoms with van der Waals surface area (Å²) in [5.41, 5.74) is 1.51. The first-order valence-corrected chi connectivity index (χ1v) is 4.82. The summed E-state index contributed by atoms with van der Waals surface area (Å²) in [6.07, 6.45) is 4.56. The van der Waals surface area contributed by atoms with Crippen LogP contribution in [0, 0.1) is 17.8 Å². The second-order valence-corrected chi connectivity index (χ2v) is 4.46. The van der Waals surface area contributed by atoms with E-state index < -0.39 is 12.2 Å². The number of rotatable bonds is 0. The van der Waals surface area contributed by atoms with Crippen LogP contribution < -0.4 is 0 Å². The molecule has 2 fully saturated rings. The van der Waals surface area contributed by atoms with Gasteiger partial charge in [0.25, 0.3) is 0 Å². The lowest BCUT2D eigenvalue weighted by Gasteiger charge is -2.22. The third-order valence-electron chi connectivity index (χ3n) is 3.95. The molecule has 2 heteroatoms. The van der Waals surface area contributed by atoms with Gasteiger partial charge in [0.2, 0.25) is 0 Å². The van der Waals surface area contributed by atoms with Crippen molar-refractivity contribution in [3.8, 4) is 0 Å². The molecule has 0 spiro atoms. The highest BCUT2D eigenvalue weighted by Gasteiger charge is 2.52. The summed E-state index contributed by atoms with van der Waals surface area (Å²) in [5.74, 6) is 1.56. The highest BCUT2D eigenvalue weighted by Crippen LogP contribution is 2.55. The number of aliphatic hydroxyl groups excluding tert-OH is 2. The van der Waals surface area contributed by atoms with Crippen molar-refractivity contribution in [1.82, 2.24) is 0 Å². The second-order valence-electron chi connectivity index (χ2n) is 4.46. The van der Waals surface area contributed by atoms with Crippen molar-refractivity contribution >= 4 is 0 Å². The standard InChI is InChI=1S/C10H14O2/c11-8-4-7-5-1-2-6(3-5)9(7)10(8)12/h1,6-12H,2-4H2. The predicted molar refractivity (Wildman–Crippen MR) is 44.4 cm³/mol. The van der Waals surface area contributed by atoms with Crippen LogP contribution in [-0.4, -0.2) is 22.4 Å². The fourth-order valence-electron chi connectivity index (χ4n) is 3.43.